The number of ether oxygens (including phenoxy) is 1. The summed E-state index contributed by atoms with van der Waals surface area (Å²) in [6.07, 6.45) is 6.07. The van der Waals surface area contributed by atoms with Gasteiger partial charge in [0.05, 0.1) is 25.5 Å². The van der Waals surface area contributed by atoms with Crippen LogP contribution in [-0.4, -0.2) is 52.3 Å². The van der Waals surface area contributed by atoms with E-state index in [1.165, 1.54) is 12.4 Å². The van der Waals surface area contributed by atoms with E-state index < -0.39 is 5.82 Å². The van der Waals surface area contributed by atoms with Crippen molar-refractivity contribution in [3.63, 3.8) is 0 Å². The van der Waals surface area contributed by atoms with Crippen LogP contribution in [0.15, 0.2) is 30.7 Å². The summed E-state index contributed by atoms with van der Waals surface area (Å²) in [5.74, 6) is 0.421. The molecule has 1 N–H and O–H groups in total. The summed E-state index contributed by atoms with van der Waals surface area (Å²) in [7, 11) is 1.86. The first-order valence-corrected chi connectivity index (χ1v) is 8.83. The Bertz CT molecular complexity index is 785. The van der Waals surface area contributed by atoms with Crippen molar-refractivity contribution in [3.05, 3.63) is 42.2 Å². The number of anilines is 1. The highest BCUT2D eigenvalue weighted by Gasteiger charge is 2.53. The number of hydrogen-bond acceptors (Lipinski definition) is 5. The van der Waals surface area contributed by atoms with Gasteiger partial charge in [0.2, 0.25) is 5.95 Å². The van der Waals surface area contributed by atoms with Crippen molar-refractivity contribution >= 4 is 11.9 Å². The van der Waals surface area contributed by atoms with Crippen LogP contribution in [-0.2, 0) is 11.8 Å². The number of nitrogens with one attached hydrogen (secondary N) is 1. The van der Waals surface area contributed by atoms with Gasteiger partial charge in [-0.1, -0.05) is 0 Å². The Labute approximate surface area is 151 Å². The zero-order valence-electron chi connectivity index (χ0n) is 14.7. The Morgan fingerprint density at radius 3 is 2.88 bits per heavy atom. The van der Waals surface area contributed by atoms with Gasteiger partial charge in [-0.3, -0.25) is 4.79 Å². The zero-order valence-corrected chi connectivity index (χ0v) is 14.7. The molecule has 7 nitrogen and oxygen atoms in total. The lowest BCUT2D eigenvalue weighted by Gasteiger charge is -2.50. The number of halogens is 1. The monoisotopic (exact) mass is 359 g/mol. The Morgan fingerprint density at radius 1 is 1.42 bits per heavy atom. The van der Waals surface area contributed by atoms with E-state index in [1.807, 2.05) is 34.8 Å². The highest BCUT2D eigenvalue weighted by molar-refractivity contribution is 5.92. The number of rotatable bonds is 5. The molecule has 2 aliphatic rings. The van der Waals surface area contributed by atoms with Crippen LogP contribution in [0, 0.1) is 11.7 Å². The SMILES string of the molecule is Cn1cccc1C(=O)NCC[C@H]1CCOC12CN(c1ncc(F)cn1)C2. The molecule has 2 aromatic heterocycles. The zero-order chi connectivity index (χ0) is 18.1. The van der Waals surface area contributed by atoms with E-state index in [1.54, 1.807) is 0 Å². The summed E-state index contributed by atoms with van der Waals surface area (Å²) in [5, 5.41) is 2.99. The third-order valence-corrected chi connectivity index (χ3v) is 5.36. The molecule has 0 aliphatic carbocycles. The highest BCUT2D eigenvalue weighted by Crippen LogP contribution is 2.42. The molecule has 0 bridgehead atoms. The number of amides is 1. The van der Waals surface area contributed by atoms with Gasteiger partial charge in [-0.05, 0) is 30.9 Å². The molecule has 138 valence electrons. The molecular formula is C18H22FN5O2. The van der Waals surface area contributed by atoms with E-state index >= 15 is 0 Å². The van der Waals surface area contributed by atoms with Crippen molar-refractivity contribution in [1.82, 2.24) is 19.9 Å². The van der Waals surface area contributed by atoms with Crippen LogP contribution in [0.4, 0.5) is 10.3 Å². The van der Waals surface area contributed by atoms with Crippen LogP contribution in [0.2, 0.25) is 0 Å². The second-order valence-corrected chi connectivity index (χ2v) is 7.01. The number of nitrogens with zero attached hydrogens (tertiary/aromatic N) is 4. The normalized spacial score (nSPS) is 21.0. The fourth-order valence-electron chi connectivity index (χ4n) is 3.90. The minimum absolute atomic E-state index is 0.0552. The van der Waals surface area contributed by atoms with Gasteiger partial charge in [-0.25, -0.2) is 14.4 Å². The lowest BCUT2D eigenvalue weighted by molar-refractivity contribution is -0.0459. The average molecular weight is 359 g/mol. The molecule has 0 unspecified atom stereocenters. The molecule has 2 aromatic rings. The lowest BCUT2D eigenvalue weighted by atomic mass is 9.79. The van der Waals surface area contributed by atoms with Crippen LogP contribution in [0.25, 0.3) is 0 Å². The summed E-state index contributed by atoms with van der Waals surface area (Å²) in [6.45, 7) is 2.76. The third-order valence-electron chi connectivity index (χ3n) is 5.36. The maximum atomic E-state index is 13.0. The minimum atomic E-state index is -0.437. The number of hydrogen-bond donors (Lipinski definition) is 1. The van der Waals surface area contributed by atoms with Crippen molar-refractivity contribution in [3.8, 4) is 0 Å². The molecule has 26 heavy (non-hydrogen) atoms. The van der Waals surface area contributed by atoms with Crippen LogP contribution < -0.4 is 10.2 Å². The molecule has 2 aliphatic heterocycles. The molecule has 1 amide bonds. The van der Waals surface area contributed by atoms with Crippen molar-refractivity contribution in [2.75, 3.05) is 31.1 Å². The first kappa shape index (κ1) is 17.0. The van der Waals surface area contributed by atoms with Gasteiger partial charge >= 0.3 is 0 Å². The van der Waals surface area contributed by atoms with Crippen LogP contribution in [0.3, 0.4) is 0 Å². The van der Waals surface area contributed by atoms with Gasteiger partial charge < -0.3 is 19.5 Å². The van der Waals surface area contributed by atoms with Crippen molar-refractivity contribution in [2.45, 2.75) is 18.4 Å². The third kappa shape index (κ3) is 3.05. The van der Waals surface area contributed by atoms with E-state index in [2.05, 4.69) is 15.3 Å². The highest BCUT2D eigenvalue weighted by atomic mass is 19.1. The molecule has 2 saturated heterocycles. The van der Waals surface area contributed by atoms with Crippen molar-refractivity contribution < 1.29 is 13.9 Å². The first-order valence-electron chi connectivity index (χ1n) is 8.83. The number of carbonyl (C=O) groups excluding carboxylic acids is 1. The predicted molar refractivity (Wildman–Crippen MR) is 93.4 cm³/mol. The fourth-order valence-corrected chi connectivity index (χ4v) is 3.90. The molecule has 0 saturated carbocycles. The largest absolute Gasteiger partial charge is 0.371 e. The lowest BCUT2D eigenvalue weighted by Crippen LogP contribution is -2.65. The maximum Gasteiger partial charge on any atom is 0.267 e. The molecule has 0 radical (unpaired) electrons. The van der Waals surface area contributed by atoms with Gasteiger partial charge in [0, 0.05) is 26.4 Å². The Morgan fingerprint density at radius 2 is 2.19 bits per heavy atom. The quantitative estimate of drug-likeness (QED) is 0.873. The average Bonchev–Trinajstić information content (AvgIpc) is 3.21. The topological polar surface area (TPSA) is 72.3 Å². The van der Waals surface area contributed by atoms with Gasteiger partial charge in [0.25, 0.3) is 5.91 Å². The molecule has 0 aromatic carbocycles. The van der Waals surface area contributed by atoms with Crippen LogP contribution >= 0.6 is 0 Å². The van der Waals surface area contributed by atoms with Crippen molar-refractivity contribution in [1.29, 1.82) is 0 Å². The van der Waals surface area contributed by atoms with E-state index in [0.29, 0.717) is 37.2 Å². The second-order valence-electron chi connectivity index (χ2n) is 7.01. The van der Waals surface area contributed by atoms with Gasteiger partial charge in [-0.15, -0.1) is 0 Å². The summed E-state index contributed by atoms with van der Waals surface area (Å²) in [5.41, 5.74) is 0.457. The summed E-state index contributed by atoms with van der Waals surface area (Å²) >= 11 is 0. The van der Waals surface area contributed by atoms with E-state index in [0.717, 1.165) is 19.4 Å². The standard InChI is InChI=1S/C18H22FN5O2/c1-23-7-2-3-15(23)16(25)20-6-4-13-5-8-26-18(13)11-24(12-18)17-21-9-14(19)10-22-17/h2-3,7,9-10,13H,4-6,8,11-12H2,1H3,(H,20,25)/t13-/m0/s1. The van der Waals surface area contributed by atoms with Crippen LogP contribution in [0.1, 0.15) is 23.3 Å². The van der Waals surface area contributed by atoms with E-state index in [-0.39, 0.29) is 11.5 Å². The van der Waals surface area contributed by atoms with Gasteiger partial charge in [-0.2, -0.15) is 0 Å². The molecule has 8 heteroatoms. The Kier molecular flexibility index (Phi) is 4.36. The summed E-state index contributed by atoms with van der Waals surface area (Å²) in [6, 6.07) is 3.66. The number of carbonyl (C=O) groups is 1. The second kappa shape index (κ2) is 6.68. The van der Waals surface area contributed by atoms with Gasteiger partial charge in [0.15, 0.2) is 5.82 Å². The predicted octanol–water partition coefficient (Wildman–Crippen LogP) is 1.37. The summed E-state index contributed by atoms with van der Waals surface area (Å²) < 4.78 is 20.8. The van der Waals surface area contributed by atoms with Gasteiger partial charge in [0.1, 0.15) is 11.3 Å². The smallest absolute Gasteiger partial charge is 0.267 e. The summed E-state index contributed by atoms with van der Waals surface area (Å²) in [4.78, 5) is 22.2. The van der Waals surface area contributed by atoms with E-state index in [9.17, 15) is 9.18 Å². The molecule has 1 spiro atoms. The molecule has 1 atom stereocenters. The maximum absolute atomic E-state index is 13.0. The molecule has 4 rings (SSSR count). The Balaban J connectivity index is 1.30. The molecular weight excluding hydrogens is 337 g/mol. The molecule has 4 heterocycles. The fraction of sp³-hybridized carbons (Fsp3) is 0.500. The Hall–Kier alpha value is -2.48. The number of aryl methyl sites for hydroxylation is 1. The van der Waals surface area contributed by atoms with Crippen molar-refractivity contribution in [2.24, 2.45) is 13.0 Å². The molecule has 2 fully saturated rings. The van der Waals surface area contributed by atoms with E-state index in [4.69, 9.17) is 4.74 Å². The first-order chi connectivity index (χ1) is 12.6. The minimum Gasteiger partial charge on any atom is -0.371 e. The van der Waals surface area contributed by atoms with Crippen LogP contribution in [0.5, 0.6) is 0 Å². The number of aromatic nitrogens is 3.